The first kappa shape index (κ1) is 16.0. The number of aromatic nitrogens is 1. The molecule has 1 aliphatic rings. The van der Waals surface area contributed by atoms with Crippen LogP contribution in [0.15, 0.2) is 22.7 Å². The first-order valence-electron chi connectivity index (χ1n) is 7.66. The van der Waals surface area contributed by atoms with E-state index in [2.05, 4.69) is 10.5 Å². The van der Waals surface area contributed by atoms with Crippen molar-refractivity contribution in [3.63, 3.8) is 0 Å². The highest BCUT2D eigenvalue weighted by atomic mass is 16.5. The van der Waals surface area contributed by atoms with Crippen LogP contribution in [0, 0.1) is 13.8 Å². The average molecular weight is 329 g/mol. The van der Waals surface area contributed by atoms with Gasteiger partial charge in [0.1, 0.15) is 11.5 Å². The molecule has 0 unspecified atom stereocenters. The van der Waals surface area contributed by atoms with Gasteiger partial charge in [-0.25, -0.2) is 0 Å². The summed E-state index contributed by atoms with van der Waals surface area (Å²) in [5.74, 6) is 0.958. The molecule has 1 N–H and O–H groups in total. The molecule has 24 heavy (non-hydrogen) atoms. The Morgan fingerprint density at radius 3 is 2.79 bits per heavy atom. The van der Waals surface area contributed by atoms with Crippen molar-refractivity contribution in [1.82, 2.24) is 5.16 Å². The minimum atomic E-state index is -0.512. The van der Waals surface area contributed by atoms with Crippen LogP contribution in [0.3, 0.4) is 0 Å². The van der Waals surface area contributed by atoms with Gasteiger partial charge in [-0.3, -0.25) is 9.59 Å². The topological polar surface area (TPSA) is 84.7 Å². The molecular formula is C17H19N3O4. The van der Waals surface area contributed by atoms with Gasteiger partial charge < -0.3 is 19.5 Å². The van der Waals surface area contributed by atoms with E-state index in [4.69, 9.17) is 9.26 Å². The SMILES string of the molecule is Cc1noc(C)c1CC(=O)Nc1ccc2c(c1)N(C)C(=O)[C@@H](C)O2. The average Bonchev–Trinajstić information content (AvgIpc) is 2.85. The summed E-state index contributed by atoms with van der Waals surface area (Å²) in [6.07, 6.45) is -0.330. The van der Waals surface area contributed by atoms with Crippen LogP contribution < -0.4 is 15.0 Å². The molecule has 0 spiro atoms. The van der Waals surface area contributed by atoms with Gasteiger partial charge in [-0.05, 0) is 39.0 Å². The van der Waals surface area contributed by atoms with Gasteiger partial charge in [0.05, 0.1) is 17.8 Å². The van der Waals surface area contributed by atoms with Gasteiger partial charge in [0, 0.05) is 18.3 Å². The Labute approximate surface area is 139 Å². The van der Waals surface area contributed by atoms with E-state index in [1.54, 1.807) is 46.0 Å². The first-order valence-corrected chi connectivity index (χ1v) is 7.66. The maximum absolute atomic E-state index is 12.3. The third-order valence-electron chi connectivity index (χ3n) is 4.10. The summed E-state index contributed by atoms with van der Waals surface area (Å²) in [5.41, 5.74) is 2.73. The fourth-order valence-electron chi connectivity index (χ4n) is 2.71. The lowest BCUT2D eigenvalue weighted by Gasteiger charge is -2.30. The summed E-state index contributed by atoms with van der Waals surface area (Å²) >= 11 is 0. The van der Waals surface area contributed by atoms with Crippen molar-refractivity contribution in [2.45, 2.75) is 33.3 Å². The Balaban J connectivity index is 1.77. The first-order chi connectivity index (χ1) is 11.4. The lowest BCUT2D eigenvalue weighted by atomic mass is 10.1. The summed E-state index contributed by atoms with van der Waals surface area (Å²) in [6.45, 7) is 5.29. The summed E-state index contributed by atoms with van der Waals surface area (Å²) < 4.78 is 10.6. The summed E-state index contributed by atoms with van der Waals surface area (Å²) in [5, 5.41) is 6.67. The van der Waals surface area contributed by atoms with Crippen LogP contribution in [0.2, 0.25) is 0 Å². The number of likely N-dealkylation sites (N-methyl/N-ethyl adjacent to an activating group) is 1. The molecule has 2 aromatic rings. The van der Waals surface area contributed by atoms with Crippen LogP contribution in [0.4, 0.5) is 11.4 Å². The highest BCUT2D eigenvalue weighted by Crippen LogP contribution is 2.35. The molecular weight excluding hydrogens is 310 g/mol. The number of aryl methyl sites for hydroxylation is 2. The zero-order valence-electron chi connectivity index (χ0n) is 14.0. The molecule has 3 rings (SSSR count). The molecule has 1 aromatic carbocycles. The van der Waals surface area contributed by atoms with Crippen molar-refractivity contribution in [1.29, 1.82) is 0 Å². The Bertz CT molecular complexity index is 793. The zero-order chi connectivity index (χ0) is 17.4. The van der Waals surface area contributed by atoms with Gasteiger partial charge in [-0.2, -0.15) is 0 Å². The lowest BCUT2D eigenvalue weighted by Crippen LogP contribution is -2.42. The third-order valence-corrected chi connectivity index (χ3v) is 4.10. The van der Waals surface area contributed by atoms with Gasteiger partial charge >= 0.3 is 0 Å². The van der Waals surface area contributed by atoms with Crippen molar-refractivity contribution < 1.29 is 18.8 Å². The molecule has 0 radical (unpaired) electrons. The number of carbonyl (C=O) groups excluding carboxylic acids is 2. The Hall–Kier alpha value is -2.83. The van der Waals surface area contributed by atoms with E-state index < -0.39 is 6.10 Å². The summed E-state index contributed by atoms with van der Waals surface area (Å²) in [7, 11) is 1.69. The summed E-state index contributed by atoms with van der Waals surface area (Å²) in [4.78, 5) is 25.8. The van der Waals surface area contributed by atoms with Crippen LogP contribution in [0.25, 0.3) is 0 Å². The Morgan fingerprint density at radius 2 is 2.12 bits per heavy atom. The Kier molecular flexibility index (Phi) is 4.01. The minimum Gasteiger partial charge on any atom is -0.479 e. The van der Waals surface area contributed by atoms with Crippen molar-refractivity contribution in [3.8, 4) is 5.75 Å². The number of hydrogen-bond acceptors (Lipinski definition) is 5. The van der Waals surface area contributed by atoms with Crippen molar-refractivity contribution in [2.75, 3.05) is 17.3 Å². The molecule has 0 fully saturated rings. The van der Waals surface area contributed by atoms with Crippen molar-refractivity contribution in [2.24, 2.45) is 0 Å². The molecule has 1 aromatic heterocycles. The van der Waals surface area contributed by atoms with Crippen molar-refractivity contribution in [3.05, 3.63) is 35.2 Å². The predicted molar refractivity (Wildman–Crippen MR) is 88.3 cm³/mol. The minimum absolute atomic E-state index is 0.123. The third kappa shape index (κ3) is 2.84. The van der Waals surface area contributed by atoms with E-state index in [0.29, 0.717) is 28.6 Å². The molecule has 2 amide bonds. The van der Waals surface area contributed by atoms with Gasteiger partial charge in [0.25, 0.3) is 5.91 Å². The van der Waals surface area contributed by atoms with E-state index >= 15 is 0 Å². The molecule has 7 heteroatoms. The molecule has 0 bridgehead atoms. The fraction of sp³-hybridized carbons (Fsp3) is 0.353. The second-order valence-corrected chi connectivity index (χ2v) is 5.87. The largest absolute Gasteiger partial charge is 0.479 e. The number of ether oxygens (including phenoxy) is 1. The number of hydrogen-bond donors (Lipinski definition) is 1. The van der Waals surface area contributed by atoms with Crippen LogP contribution in [-0.4, -0.2) is 30.1 Å². The molecule has 0 saturated heterocycles. The van der Waals surface area contributed by atoms with Crippen molar-refractivity contribution >= 4 is 23.2 Å². The summed E-state index contributed by atoms with van der Waals surface area (Å²) in [6, 6.07) is 5.23. The number of anilines is 2. The molecule has 1 aliphatic heterocycles. The number of fused-ring (bicyclic) bond motifs is 1. The standard InChI is InChI=1S/C17H19N3O4/c1-9-13(10(2)24-19-9)8-16(21)18-12-5-6-15-14(7-12)20(4)17(22)11(3)23-15/h5-7,11H,8H2,1-4H3,(H,18,21)/t11-/m1/s1. The van der Waals surface area contributed by atoms with E-state index in [1.165, 1.54) is 4.90 Å². The van der Waals surface area contributed by atoms with Crippen LogP contribution >= 0.6 is 0 Å². The van der Waals surface area contributed by atoms with Crippen LogP contribution in [0.1, 0.15) is 23.9 Å². The molecule has 0 aliphatic carbocycles. The van der Waals surface area contributed by atoms with Crippen LogP contribution in [0.5, 0.6) is 5.75 Å². The number of benzene rings is 1. The normalized spacial score (nSPS) is 16.6. The zero-order valence-corrected chi connectivity index (χ0v) is 14.0. The molecule has 1 atom stereocenters. The number of nitrogens with one attached hydrogen (secondary N) is 1. The Morgan fingerprint density at radius 1 is 1.38 bits per heavy atom. The maximum atomic E-state index is 12.3. The van der Waals surface area contributed by atoms with E-state index in [9.17, 15) is 9.59 Å². The quantitative estimate of drug-likeness (QED) is 0.933. The molecule has 0 saturated carbocycles. The second-order valence-electron chi connectivity index (χ2n) is 5.87. The lowest BCUT2D eigenvalue weighted by molar-refractivity contribution is -0.125. The van der Waals surface area contributed by atoms with Crippen LogP contribution in [-0.2, 0) is 16.0 Å². The molecule has 126 valence electrons. The van der Waals surface area contributed by atoms with Gasteiger partial charge in [-0.1, -0.05) is 5.16 Å². The predicted octanol–water partition coefficient (Wildman–Crippen LogP) is 2.22. The van der Waals surface area contributed by atoms with Gasteiger partial charge in [-0.15, -0.1) is 0 Å². The number of rotatable bonds is 3. The highest BCUT2D eigenvalue weighted by Gasteiger charge is 2.29. The number of nitrogens with zero attached hydrogens (tertiary/aromatic N) is 2. The maximum Gasteiger partial charge on any atom is 0.267 e. The molecule has 2 heterocycles. The van der Waals surface area contributed by atoms with E-state index in [0.717, 1.165) is 5.56 Å². The fourth-order valence-corrected chi connectivity index (χ4v) is 2.71. The second kappa shape index (κ2) is 5.99. The number of carbonyl (C=O) groups is 2. The molecule has 7 nitrogen and oxygen atoms in total. The highest BCUT2D eigenvalue weighted by molar-refractivity contribution is 6.01. The smallest absolute Gasteiger partial charge is 0.267 e. The van der Waals surface area contributed by atoms with E-state index in [-0.39, 0.29) is 18.2 Å². The monoisotopic (exact) mass is 329 g/mol. The van der Waals surface area contributed by atoms with E-state index in [1.807, 2.05) is 0 Å². The van der Waals surface area contributed by atoms with Gasteiger partial charge in [0.15, 0.2) is 6.10 Å². The number of amides is 2. The van der Waals surface area contributed by atoms with Gasteiger partial charge in [0.2, 0.25) is 5.91 Å².